The summed E-state index contributed by atoms with van der Waals surface area (Å²) in [4.78, 5) is 26.4. The second kappa shape index (κ2) is 12.4. The topological polar surface area (TPSA) is 65.1 Å². The molecule has 0 bridgehead atoms. The van der Waals surface area contributed by atoms with Crippen molar-refractivity contribution in [2.45, 2.75) is 64.1 Å². The third-order valence-corrected chi connectivity index (χ3v) is 11.3. The number of amides is 1. The van der Waals surface area contributed by atoms with Gasteiger partial charge in [0.1, 0.15) is 19.4 Å². The molecule has 39 heavy (non-hydrogen) atoms. The molecule has 12 heteroatoms. The van der Waals surface area contributed by atoms with Crippen LogP contribution in [0.1, 0.15) is 36.7 Å². The van der Waals surface area contributed by atoms with Gasteiger partial charge in [-0.05, 0) is 44.9 Å². The molecule has 1 heterocycles. The molecule has 0 saturated heterocycles. The van der Waals surface area contributed by atoms with Crippen LogP contribution in [0.2, 0.25) is 19.6 Å². The van der Waals surface area contributed by atoms with Crippen molar-refractivity contribution in [3.05, 3.63) is 63.2 Å². The molecule has 0 spiro atoms. The van der Waals surface area contributed by atoms with Crippen LogP contribution in [0.25, 0.3) is 0 Å². The first-order valence-electron chi connectivity index (χ1n) is 12.1. The zero-order valence-corrected chi connectivity index (χ0v) is 26.6. The molecule has 1 aliphatic heterocycles. The number of rotatable bonds is 7. The third kappa shape index (κ3) is 8.82. The Morgan fingerprint density at radius 2 is 1.56 bits per heavy atom. The summed E-state index contributed by atoms with van der Waals surface area (Å²) in [6.45, 7) is 9.12. The van der Waals surface area contributed by atoms with E-state index in [1.165, 1.54) is 29.2 Å². The van der Waals surface area contributed by atoms with Crippen molar-refractivity contribution in [3.8, 4) is 5.75 Å². The van der Waals surface area contributed by atoms with Crippen molar-refractivity contribution in [2.24, 2.45) is 0 Å². The van der Waals surface area contributed by atoms with Crippen molar-refractivity contribution >= 4 is 40.4 Å². The summed E-state index contributed by atoms with van der Waals surface area (Å²) in [5, 5.41) is 0. The largest absolute Gasteiger partial charge is 0.459 e. The smallest absolute Gasteiger partial charge is 0.444 e. The second-order valence-electron chi connectivity index (χ2n) is 11.0. The fourth-order valence-corrected chi connectivity index (χ4v) is 7.08. The minimum absolute atomic E-state index is 0.131. The Balaban J connectivity index is 0.000000397. The molecule has 0 unspecified atom stereocenters. The van der Waals surface area contributed by atoms with Crippen LogP contribution in [0.4, 0.5) is 22.4 Å². The van der Waals surface area contributed by atoms with Crippen LogP contribution < -0.4 is 4.74 Å². The Morgan fingerprint density at radius 3 is 2.08 bits per heavy atom. The van der Waals surface area contributed by atoms with Crippen LogP contribution in [0.15, 0.2) is 48.5 Å². The van der Waals surface area contributed by atoms with E-state index < -0.39 is 51.7 Å². The van der Waals surface area contributed by atoms with E-state index in [1.54, 1.807) is 27.8 Å². The minimum atomic E-state index is -4.59. The SMILES string of the molecule is CI1OC(=O)c2ccccc21.CN(CCc1ccc(OC(F)(F)C(F)(F)[Si](C)(C)C)cc1)C(=O)OC(C)(C)C. The number of hydrogen-bond acceptors (Lipinski definition) is 5. The number of carbonyl (C=O) groups is 2. The van der Waals surface area contributed by atoms with Gasteiger partial charge in [-0.1, -0.05) is 31.8 Å². The fraction of sp³-hybridized carbons (Fsp3) is 0.481. The molecule has 0 N–H and O–H groups in total. The molecule has 0 saturated carbocycles. The van der Waals surface area contributed by atoms with E-state index in [2.05, 4.69) is 4.74 Å². The number of likely N-dealkylation sites (N-methyl/N-ethyl adjacent to an activating group) is 1. The fourth-order valence-electron chi connectivity index (χ4n) is 3.15. The molecule has 1 aliphatic rings. The van der Waals surface area contributed by atoms with Gasteiger partial charge in [0.2, 0.25) is 0 Å². The van der Waals surface area contributed by atoms with Gasteiger partial charge in [0.15, 0.2) is 0 Å². The molecule has 0 atom stereocenters. The molecule has 218 valence electrons. The molecule has 0 aliphatic carbocycles. The average molecular weight is 686 g/mol. The summed E-state index contributed by atoms with van der Waals surface area (Å²) >= 11 is -1.52. The van der Waals surface area contributed by atoms with Crippen LogP contribution >= 0.6 is 20.2 Å². The molecule has 0 fully saturated rings. The zero-order chi connectivity index (χ0) is 29.8. The second-order valence-corrected chi connectivity index (χ2v) is 20.1. The zero-order valence-electron chi connectivity index (χ0n) is 23.4. The molecular weight excluding hydrogens is 649 g/mol. The Hall–Kier alpha value is -2.35. The average Bonchev–Trinajstić information content (AvgIpc) is 3.10. The predicted octanol–water partition coefficient (Wildman–Crippen LogP) is 7.66. The number of halogens is 5. The molecule has 3 rings (SSSR count). The van der Waals surface area contributed by atoms with Crippen LogP contribution in [-0.4, -0.2) is 60.8 Å². The van der Waals surface area contributed by atoms with Gasteiger partial charge in [-0.3, -0.25) is 0 Å². The van der Waals surface area contributed by atoms with E-state index >= 15 is 0 Å². The molecule has 6 nitrogen and oxygen atoms in total. The van der Waals surface area contributed by atoms with E-state index in [9.17, 15) is 27.2 Å². The van der Waals surface area contributed by atoms with Gasteiger partial charge >= 0.3 is 90.1 Å². The van der Waals surface area contributed by atoms with E-state index in [1.807, 2.05) is 29.2 Å². The van der Waals surface area contributed by atoms with Gasteiger partial charge in [0, 0.05) is 13.6 Å². The minimum Gasteiger partial charge on any atom is -0.444 e. The molecule has 1 amide bonds. The summed E-state index contributed by atoms with van der Waals surface area (Å²) in [5.74, 6) is -0.472. The number of carbonyl (C=O) groups excluding carboxylic acids is 2. The first-order valence-corrected chi connectivity index (χ1v) is 19.8. The number of benzene rings is 2. The first kappa shape index (κ1) is 32.9. The van der Waals surface area contributed by atoms with Crippen LogP contribution in [0.3, 0.4) is 0 Å². The Kier molecular flexibility index (Phi) is 10.5. The third-order valence-electron chi connectivity index (χ3n) is 5.48. The van der Waals surface area contributed by atoms with Crippen molar-refractivity contribution < 1.29 is 39.7 Å². The summed E-state index contributed by atoms with van der Waals surface area (Å²) in [5.41, 5.74) is -3.30. The summed E-state index contributed by atoms with van der Waals surface area (Å²) in [6.07, 6.45) is -4.62. The maximum Gasteiger partial charge on any atom is 0.459 e. The van der Waals surface area contributed by atoms with Gasteiger partial charge in [-0.2, -0.15) is 8.78 Å². The maximum atomic E-state index is 14.0. The van der Waals surface area contributed by atoms with Gasteiger partial charge < -0.3 is 14.4 Å². The van der Waals surface area contributed by atoms with Gasteiger partial charge in [-0.15, -0.1) is 0 Å². The number of alkyl halides is 5. The van der Waals surface area contributed by atoms with Crippen molar-refractivity contribution in [1.29, 1.82) is 0 Å². The summed E-state index contributed by atoms with van der Waals surface area (Å²) in [6, 6.07) is 13.1. The number of nitrogens with zero attached hydrogens (tertiary/aromatic N) is 1. The first-order chi connectivity index (χ1) is 17.7. The normalized spacial score (nSPS) is 14.6. The van der Waals surface area contributed by atoms with Gasteiger partial charge in [0.25, 0.3) is 0 Å². The van der Waals surface area contributed by atoms with Crippen molar-refractivity contribution in [1.82, 2.24) is 4.90 Å². The Morgan fingerprint density at radius 1 is 1.00 bits per heavy atom. The maximum absolute atomic E-state index is 14.0. The summed E-state index contributed by atoms with van der Waals surface area (Å²) < 4.78 is 71.8. The van der Waals surface area contributed by atoms with Crippen LogP contribution in [-0.2, 0) is 14.2 Å². The number of fused-ring (bicyclic) bond motifs is 1. The van der Waals surface area contributed by atoms with E-state index in [0.29, 0.717) is 13.0 Å². The molecule has 0 radical (unpaired) electrons. The standard InChI is InChI=1S/C19H29F4NO3Si.C8H7IO2/c1-17(2,3)27-16(25)24(4)13-12-14-8-10-15(11-9-14)26-18(20,21)19(22,23)28(5,6)7;1-9-7-5-3-2-4-6(7)8(10)11-9/h8-11H,12-13H2,1-7H3;2-5H,1H3. The molecular formula is C27H36F4INO5Si. The predicted molar refractivity (Wildman–Crippen MR) is 153 cm³/mol. The number of hydrogen-bond donors (Lipinski definition) is 0. The van der Waals surface area contributed by atoms with E-state index in [4.69, 9.17) is 7.80 Å². The van der Waals surface area contributed by atoms with Crippen LogP contribution in [0, 0.1) is 3.57 Å². The van der Waals surface area contributed by atoms with Gasteiger partial charge in [-0.25, -0.2) is 13.6 Å². The van der Waals surface area contributed by atoms with Crippen molar-refractivity contribution in [3.63, 3.8) is 0 Å². The number of ether oxygens (including phenoxy) is 2. The molecule has 0 aromatic heterocycles. The van der Waals surface area contributed by atoms with E-state index in [-0.39, 0.29) is 11.7 Å². The van der Waals surface area contributed by atoms with E-state index in [0.717, 1.165) is 34.3 Å². The van der Waals surface area contributed by atoms with Gasteiger partial charge in [0.05, 0.1) is 0 Å². The van der Waals surface area contributed by atoms with Crippen molar-refractivity contribution in [2.75, 3.05) is 18.5 Å². The summed E-state index contributed by atoms with van der Waals surface area (Å²) in [7, 11) is -1.91. The quantitative estimate of drug-likeness (QED) is 0.130. The molecule has 2 aromatic rings. The monoisotopic (exact) mass is 685 g/mol. The van der Waals surface area contributed by atoms with Crippen LogP contribution in [0.5, 0.6) is 5.75 Å². The Bertz CT molecular complexity index is 1150. The Labute approximate surface area is 235 Å². The molecule has 2 aromatic carbocycles.